The van der Waals surface area contributed by atoms with Crippen molar-refractivity contribution >= 4 is 5.91 Å². The first kappa shape index (κ1) is 24.5. The van der Waals surface area contributed by atoms with E-state index in [2.05, 4.69) is 60.1 Å². The smallest absolute Gasteiger partial charge is 0.273 e. The number of nitrogens with zero attached hydrogens (tertiary/aromatic N) is 3. The molecular weight excluding hydrogens is 452 g/mol. The summed E-state index contributed by atoms with van der Waals surface area (Å²) >= 11 is 0. The predicted molar refractivity (Wildman–Crippen MR) is 140 cm³/mol. The molecule has 7 heteroatoms. The van der Waals surface area contributed by atoms with E-state index in [9.17, 15) is 9.90 Å². The fraction of sp³-hybridized carbons (Fsp3) is 0.448. The van der Waals surface area contributed by atoms with Gasteiger partial charge in [-0.3, -0.25) is 14.8 Å². The Hall–Kier alpha value is -3.16. The lowest BCUT2D eigenvalue weighted by Gasteiger charge is -2.30. The topological polar surface area (TPSA) is 81.7 Å². The van der Waals surface area contributed by atoms with Crippen LogP contribution in [0.3, 0.4) is 0 Å². The van der Waals surface area contributed by atoms with E-state index in [-0.39, 0.29) is 23.1 Å². The molecule has 0 saturated carbocycles. The molecular formula is C29H36N4O3. The van der Waals surface area contributed by atoms with Crippen LogP contribution in [0, 0.1) is 6.92 Å². The van der Waals surface area contributed by atoms with Crippen molar-refractivity contribution < 1.29 is 14.6 Å². The van der Waals surface area contributed by atoms with Crippen molar-refractivity contribution in [2.75, 3.05) is 39.4 Å². The number of aromatic hydroxyl groups is 1. The Balaban J connectivity index is 1.51. The van der Waals surface area contributed by atoms with Crippen molar-refractivity contribution in [3.8, 4) is 17.0 Å². The first-order valence-corrected chi connectivity index (χ1v) is 12.8. The summed E-state index contributed by atoms with van der Waals surface area (Å²) in [5, 5.41) is 18.2. The van der Waals surface area contributed by atoms with Gasteiger partial charge in [0, 0.05) is 37.3 Å². The quantitative estimate of drug-likeness (QED) is 0.528. The summed E-state index contributed by atoms with van der Waals surface area (Å²) < 4.78 is 5.47. The molecule has 3 aromatic rings. The molecule has 2 N–H and O–H groups in total. The van der Waals surface area contributed by atoms with E-state index in [1.807, 2.05) is 24.0 Å². The molecule has 1 amide bonds. The van der Waals surface area contributed by atoms with Gasteiger partial charge in [0.15, 0.2) is 0 Å². The van der Waals surface area contributed by atoms with Crippen molar-refractivity contribution in [1.82, 2.24) is 20.0 Å². The molecule has 190 valence electrons. The van der Waals surface area contributed by atoms with Gasteiger partial charge >= 0.3 is 0 Å². The highest BCUT2D eigenvalue weighted by Crippen LogP contribution is 2.45. The van der Waals surface area contributed by atoms with Crippen LogP contribution in [0.25, 0.3) is 11.3 Å². The Kier molecular flexibility index (Phi) is 6.62. The lowest BCUT2D eigenvalue weighted by Crippen LogP contribution is -2.38. The van der Waals surface area contributed by atoms with Crippen LogP contribution in [0.15, 0.2) is 42.5 Å². The number of benzene rings is 2. The number of fused-ring (bicyclic) bond motifs is 1. The second-order valence-electron chi connectivity index (χ2n) is 11.0. The highest BCUT2D eigenvalue weighted by Gasteiger charge is 2.42. The Morgan fingerprint density at radius 3 is 2.50 bits per heavy atom. The molecule has 2 aliphatic heterocycles. The zero-order chi connectivity index (χ0) is 25.4. The average molecular weight is 489 g/mol. The largest absolute Gasteiger partial charge is 0.507 e. The summed E-state index contributed by atoms with van der Waals surface area (Å²) in [7, 11) is 0. The number of carbonyl (C=O) groups is 1. The normalized spacial score (nSPS) is 18.6. The third kappa shape index (κ3) is 4.65. The molecule has 1 unspecified atom stereocenters. The van der Waals surface area contributed by atoms with Gasteiger partial charge in [0.1, 0.15) is 17.1 Å². The zero-order valence-electron chi connectivity index (χ0n) is 21.7. The van der Waals surface area contributed by atoms with E-state index in [1.54, 1.807) is 6.07 Å². The van der Waals surface area contributed by atoms with Gasteiger partial charge in [-0.1, -0.05) is 56.7 Å². The monoisotopic (exact) mass is 488 g/mol. The Labute approximate surface area is 213 Å². The first-order valence-electron chi connectivity index (χ1n) is 12.8. The fourth-order valence-electron chi connectivity index (χ4n) is 5.27. The molecule has 2 aliphatic rings. The lowest BCUT2D eigenvalue weighted by molar-refractivity contribution is 0.0354. The number of nitrogens with one attached hydrogen (secondary N) is 1. The van der Waals surface area contributed by atoms with E-state index < -0.39 is 0 Å². The minimum atomic E-state index is -0.264. The van der Waals surface area contributed by atoms with Crippen molar-refractivity contribution in [2.24, 2.45) is 0 Å². The van der Waals surface area contributed by atoms with Crippen LogP contribution >= 0.6 is 0 Å². The minimum absolute atomic E-state index is 0.0391. The number of amides is 1. The van der Waals surface area contributed by atoms with Gasteiger partial charge < -0.3 is 14.7 Å². The van der Waals surface area contributed by atoms with E-state index in [4.69, 9.17) is 4.74 Å². The maximum absolute atomic E-state index is 13.6. The van der Waals surface area contributed by atoms with Gasteiger partial charge in [0.25, 0.3) is 5.91 Å². The molecule has 5 rings (SSSR count). The maximum atomic E-state index is 13.6. The van der Waals surface area contributed by atoms with E-state index in [0.29, 0.717) is 23.5 Å². The molecule has 1 atom stereocenters. The van der Waals surface area contributed by atoms with Gasteiger partial charge in [-0.25, -0.2) is 0 Å². The summed E-state index contributed by atoms with van der Waals surface area (Å²) in [5.74, 6) is 0.123. The summed E-state index contributed by atoms with van der Waals surface area (Å²) in [4.78, 5) is 18.0. The van der Waals surface area contributed by atoms with Gasteiger partial charge in [-0.2, -0.15) is 5.10 Å². The van der Waals surface area contributed by atoms with Crippen LogP contribution in [0.2, 0.25) is 0 Å². The standard InChI is InChI=1S/C29H36N4O3/c1-19-6-11-23(34)22(18-19)25-24-26(31-30-25)28(35)33(13-5-12-32-14-16-36-17-15-32)27(24)20-7-9-21(10-8-20)29(2,3)4/h6-11,18,27,34H,5,12-17H2,1-4H3,(H,30,31). The van der Waals surface area contributed by atoms with Gasteiger partial charge in [0.2, 0.25) is 0 Å². The van der Waals surface area contributed by atoms with Crippen LogP contribution < -0.4 is 0 Å². The molecule has 0 bridgehead atoms. The van der Waals surface area contributed by atoms with Gasteiger partial charge in [-0.15, -0.1) is 0 Å². The van der Waals surface area contributed by atoms with Crippen LogP contribution in [-0.4, -0.2) is 70.4 Å². The van der Waals surface area contributed by atoms with Crippen molar-refractivity contribution in [2.45, 2.75) is 45.6 Å². The molecule has 7 nitrogen and oxygen atoms in total. The molecule has 0 spiro atoms. The number of ether oxygens (including phenoxy) is 1. The van der Waals surface area contributed by atoms with E-state index >= 15 is 0 Å². The van der Waals surface area contributed by atoms with Crippen molar-refractivity contribution in [1.29, 1.82) is 0 Å². The fourth-order valence-corrected chi connectivity index (χ4v) is 5.27. The average Bonchev–Trinajstić information content (AvgIpc) is 3.40. The summed E-state index contributed by atoms with van der Waals surface area (Å²) in [6.07, 6.45) is 0.880. The van der Waals surface area contributed by atoms with Crippen LogP contribution in [0.1, 0.15) is 66.0 Å². The SMILES string of the molecule is Cc1ccc(O)c(-c2n[nH]c3c2C(c2ccc(C(C)(C)C)cc2)N(CCCN2CCOCC2)C3=O)c1. The Morgan fingerprint density at radius 1 is 1.08 bits per heavy atom. The van der Waals surface area contributed by atoms with Crippen molar-refractivity contribution in [3.05, 3.63) is 70.4 Å². The third-order valence-corrected chi connectivity index (χ3v) is 7.34. The molecule has 0 aliphatic carbocycles. The van der Waals surface area contributed by atoms with Crippen molar-refractivity contribution in [3.63, 3.8) is 0 Å². The first-order chi connectivity index (χ1) is 17.2. The third-order valence-electron chi connectivity index (χ3n) is 7.34. The second kappa shape index (κ2) is 9.71. The molecule has 3 heterocycles. The van der Waals surface area contributed by atoms with E-state index in [1.165, 1.54) is 5.56 Å². The Morgan fingerprint density at radius 2 is 1.81 bits per heavy atom. The molecule has 1 aromatic heterocycles. The van der Waals surface area contributed by atoms with Gasteiger partial charge in [0.05, 0.1) is 19.3 Å². The van der Waals surface area contributed by atoms with E-state index in [0.717, 1.165) is 56.0 Å². The summed E-state index contributed by atoms with van der Waals surface area (Å²) in [6.45, 7) is 13.6. The summed E-state index contributed by atoms with van der Waals surface area (Å²) in [6, 6.07) is 13.8. The second-order valence-corrected chi connectivity index (χ2v) is 11.0. The number of morpholine rings is 1. The number of hydrogen-bond donors (Lipinski definition) is 2. The number of carbonyl (C=O) groups excluding carboxylic acids is 1. The van der Waals surface area contributed by atoms with Crippen LogP contribution in [-0.2, 0) is 10.2 Å². The lowest BCUT2D eigenvalue weighted by atomic mass is 9.85. The number of phenols is 1. The van der Waals surface area contributed by atoms with Crippen LogP contribution in [0.5, 0.6) is 5.75 Å². The number of phenolic OH excluding ortho intramolecular Hbond substituents is 1. The molecule has 0 radical (unpaired) electrons. The highest BCUT2D eigenvalue weighted by atomic mass is 16.5. The maximum Gasteiger partial charge on any atom is 0.273 e. The van der Waals surface area contributed by atoms with Gasteiger partial charge in [-0.05, 0) is 42.0 Å². The molecule has 2 aromatic carbocycles. The minimum Gasteiger partial charge on any atom is -0.507 e. The number of rotatable bonds is 6. The molecule has 1 fully saturated rings. The Bertz CT molecular complexity index is 1240. The molecule has 36 heavy (non-hydrogen) atoms. The highest BCUT2D eigenvalue weighted by molar-refractivity contribution is 6.00. The molecule has 1 saturated heterocycles. The number of hydrogen-bond acceptors (Lipinski definition) is 5. The van der Waals surface area contributed by atoms with Crippen LogP contribution in [0.4, 0.5) is 0 Å². The number of aryl methyl sites for hydroxylation is 1. The number of aromatic amines is 1. The number of aromatic nitrogens is 2. The zero-order valence-corrected chi connectivity index (χ0v) is 21.7. The summed E-state index contributed by atoms with van der Waals surface area (Å²) in [5.41, 5.74) is 6.01. The number of H-pyrrole nitrogens is 1. The predicted octanol–water partition coefficient (Wildman–Crippen LogP) is 4.66.